The molecular formula is C16H16N4O. The largest absolute Gasteiger partial charge is 0.337 e. The summed E-state index contributed by atoms with van der Waals surface area (Å²) in [7, 11) is 0. The van der Waals surface area contributed by atoms with Crippen LogP contribution >= 0.6 is 0 Å². The maximum Gasteiger partial charge on any atom is 0.244 e. The number of nitrogens with zero attached hydrogens (tertiary/aromatic N) is 3. The summed E-state index contributed by atoms with van der Waals surface area (Å²) in [4.78, 5) is 8.59. The molecule has 3 aromatic rings. The van der Waals surface area contributed by atoms with E-state index in [1.165, 1.54) is 0 Å². The van der Waals surface area contributed by atoms with Crippen LogP contribution in [0.2, 0.25) is 0 Å². The van der Waals surface area contributed by atoms with Crippen molar-refractivity contribution in [1.82, 2.24) is 15.1 Å². The van der Waals surface area contributed by atoms with E-state index in [0.717, 1.165) is 11.1 Å². The second kappa shape index (κ2) is 5.85. The average molecular weight is 280 g/mol. The van der Waals surface area contributed by atoms with Crippen molar-refractivity contribution in [2.45, 2.75) is 19.4 Å². The molecule has 2 aromatic heterocycles. The van der Waals surface area contributed by atoms with Gasteiger partial charge in [-0.1, -0.05) is 35.5 Å². The van der Waals surface area contributed by atoms with E-state index < -0.39 is 0 Å². The zero-order chi connectivity index (χ0) is 14.7. The Labute approximate surface area is 122 Å². The molecule has 5 heteroatoms. The molecule has 1 atom stereocenters. The molecule has 0 aliphatic heterocycles. The molecule has 2 heterocycles. The van der Waals surface area contributed by atoms with Gasteiger partial charge in [-0.2, -0.15) is 4.98 Å². The quantitative estimate of drug-likeness (QED) is 0.795. The van der Waals surface area contributed by atoms with Gasteiger partial charge in [0.1, 0.15) is 5.69 Å². The molecule has 0 radical (unpaired) electrons. The molecule has 0 spiro atoms. The first-order valence-corrected chi connectivity index (χ1v) is 6.78. The fourth-order valence-corrected chi connectivity index (χ4v) is 2.10. The summed E-state index contributed by atoms with van der Waals surface area (Å²) in [6.45, 7) is 1.99. The molecule has 106 valence electrons. The van der Waals surface area contributed by atoms with Crippen LogP contribution in [-0.4, -0.2) is 15.1 Å². The Balaban J connectivity index is 1.78. The molecule has 0 bridgehead atoms. The Morgan fingerprint density at radius 1 is 1.19 bits per heavy atom. The Morgan fingerprint density at radius 2 is 2.00 bits per heavy atom. The number of nitrogens with two attached hydrogens (primary N) is 1. The van der Waals surface area contributed by atoms with Crippen LogP contribution in [-0.2, 0) is 6.42 Å². The van der Waals surface area contributed by atoms with Gasteiger partial charge in [-0.25, -0.2) is 0 Å². The summed E-state index contributed by atoms with van der Waals surface area (Å²) in [6.07, 6.45) is 2.38. The molecule has 0 unspecified atom stereocenters. The van der Waals surface area contributed by atoms with Crippen LogP contribution in [0.15, 0.2) is 53.2 Å². The summed E-state index contributed by atoms with van der Waals surface area (Å²) in [5.41, 5.74) is 9.06. The SMILES string of the molecule is Cc1ccnc(-c2noc([C@@H](N)Cc3ccccc3)n2)c1. The van der Waals surface area contributed by atoms with E-state index in [0.29, 0.717) is 23.8 Å². The summed E-state index contributed by atoms with van der Waals surface area (Å²) in [5, 5.41) is 3.96. The Hall–Kier alpha value is -2.53. The lowest BCUT2D eigenvalue weighted by molar-refractivity contribution is 0.354. The lowest BCUT2D eigenvalue weighted by Gasteiger charge is -2.05. The van der Waals surface area contributed by atoms with E-state index in [4.69, 9.17) is 10.3 Å². The lowest BCUT2D eigenvalue weighted by atomic mass is 10.1. The van der Waals surface area contributed by atoms with E-state index in [1.54, 1.807) is 6.20 Å². The van der Waals surface area contributed by atoms with Gasteiger partial charge in [0.05, 0.1) is 6.04 Å². The summed E-state index contributed by atoms with van der Waals surface area (Å²) in [6, 6.07) is 13.5. The van der Waals surface area contributed by atoms with E-state index in [-0.39, 0.29) is 6.04 Å². The first-order chi connectivity index (χ1) is 10.2. The van der Waals surface area contributed by atoms with Crippen LogP contribution in [0.4, 0.5) is 0 Å². The monoisotopic (exact) mass is 280 g/mol. The van der Waals surface area contributed by atoms with Crippen LogP contribution < -0.4 is 5.73 Å². The highest BCUT2D eigenvalue weighted by Gasteiger charge is 2.16. The molecule has 0 aliphatic carbocycles. The number of hydrogen-bond acceptors (Lipinski definition) is 5. The van der Waals surface area contributed by atoms with Gasteiger partial charge in [0, 0.05) is 6.20 Å². The zero-order valence-corrected chi connectivity index (χ0v) is 11.7. The van der Waals surface area contributed by atoms with Crippen LogP contribution in [0.5, 0.6) is 0 Å². The van der Waals surface area contributed by atoms with Crippen LogP contribution in [0.1, 0.15) is 23.1 Å². The van der Waals surface area contributed by atoms with Crippen molar-refractivity contribution in [2.24, 2.45) is 5.73 Å². The van der Waals surface area contributed by atoms with Crippen molar-refractivity contribution in [2.75, 3.05) is 0 Å². The third-order valence-electron chi connectivity index (χ3n) is 3.20. The minimum atomic E-state index is -0.321. The highest BCUT2D eigenvalue weighted by atomic mass is 16.5. The van der Waals surface area contributed by atoms with Gasteiger partial charge < -0.3 is 10.3 Å². The second-order valence-corrected chi connectivity index (χ2v) is 4.97. The maximum absolute atomic E-state index is 6.13. The number of pyridine rings is 1. The number of benzene rings is 1. The smallest absolute Gasteiger partial charge is 0.244 e. The molecule has 0 amide bonds. The van der Waals surface area contributed by atoms with Crippen molar-refractivity contribution in [3.05, 3.63) is 65.7 Å². The number of aryl methyl sites for hydroxylation is 1. The first-order valence-electron chi connectivity index (χ1n) is 6.78. The van der Waals surface area contributed by atoms with E-state index in [2.05, 4.69) is 15.1 Å². The van der Waals surface area contributed by atoms with Crippen molar-refractivity contribution in [3.8, 4) is 11.5 Å². The minimum absolute atomic E-state index is 0.321. The third kappa shape index (κ3) is 3.14. The van der Waals surface area contributed by atoms with Crippen LogP contribution in [0.3, 0.4) is 0 Å². The first kappa shape index (κ1) is 13.5. The van der Waals surface area contributed by atoms with Gasteiger partial charge in [0.15, 0.2) is 0 Å². The predicted molar refractivity (Wildman–Crippen MR) is 79.3 cm³/mol. The van der Waals surface area contributed by atoms with E-state index >= 15 is 0 Å². The van der Waals surface area contributed by atoms with Crippen LogP contribution in [0.25, 0.3) is 11.5 Å². The van der Waals surface area contributed by atoms with Gasteiger partial charge >= 0.3 is 0 Å². The lowest BCUT2D eigenvalue weighted by Crippen LogP contribution is -2.13. The molecule has 5 nitrogen and oxygen atoms in total. The van der Waals surface area contributed by atoms with Gasteiger partial charge in [-0.05, 0) is 36.6 Å². The summed E-state index contributed by atoms with van der Waals surface area (Å²) >= 11 is 0. The Bertz CT molecular complexity index is 724. The van der Waals surface area contributed by atoms with Gasteiger partial charge in [-0.15, -0.1) is 0 Å². The molecule has 3 rings (SSSR count). The van der Waals surface area contributed by atoms with Crippen molar-refractivity contribution >= 4 is 0 Å². The molecule has 0 fully saturated rings. The minimum Gasteiger partial charge on any atom is -0.337 e. The van der Waals surface area contributed by atoms with Gasteiger partial charge in [-0.3, -0.25) is 4.98 Å². The van der Waals surface area contributed by atoms with Crippen LogP contribution in [0, 0.1) is 6.92 Å². The topological polar surface area (TPSA) is 77.8 Å². The van der Waals surface area contributed by atoms with E-state index in [9.17, 15) is 0 Å². The third-order valence-corrected chi connectivity index (χ3v) is 3.20. The summed E-state index contributed by atoms with van der Waals surface area (Å²) in [5.74, 6) is 0.898. The number of aromatic nitrogens is 3. The fourth-order valence-electron chi connectivity index (χ4n) is 2.10. The molecule has 0 saturated heterocycles. The van der Waals surface area contributed by atoms with Gasteiger partial charge in [0.2, 0.25) is 11.7 Å². The average Bonchev–Trinajstić information content (AvgIpc) is 2.98. The predicted octanol–water partition coefficient (Wildman–Crippen LogP) is 2.68. The zero-order valence-electron chi connectivity index (χ0n) is 11.7. The fraction of sp³-hybridized carbons (Fsp3) is 0.188. The van der Waals surface area contributed by atoms with Crippen molar-refractivity contribution in [1.29, 1.82) is 0 Å². The highest BCUT2D eigenvalue weighted by molar-refractivity contribution is 5.49. The second-order valence-electron chi connectivity index (χ2n) is 4.97. The maximum atomic E-state index is 6.13. The molecule has 0 aliphatic rings. The Kier molecular flexibility index (Phi) is 3.75. The molecule has 2 N–H and O–H groups in total. The van der Waals surface area contributed by atoms with Crippen molar-refractivity contribution < 1.29 is 4.52 Å². The number of hydrogen-bond donors (Lipinski definition) is 1. The highest BCUT2D eigenvalue weighted by Crippen LogP contribution is 2.19. The molecule has 21 heavy (non-hydrogen) atoms. The summed E-state index contributed by atoms with van der Waals surface area (Å²) < 4.78 is 5.27. The van der Waals surface area contributed by atoms with Crippen molar-refractivity contribution in [3.63, 3.8) is 0 Å². The normalized spacial score (nSPS) is 12.3. The van der Waals surface area contributed by atoms with E-state index in [1.807, 2.05) is 49.4 Å². The molecule has 0 saturated carbocycles. The molecule has 1 aromatic carbocycles. The number of rotatable bonds is 4. The van der Waals surface area contributed by atoms with Gasteiger partial charge in [0.25, 0.3) is 0 Å². The molecular weight excluding hydrogens is 264 g/mol. The standard InChI is InChI=1S/C16H16N4O/c1-11-7-8-18-14(9-11)15-19-16(21-20-15)13(17)10-12-5-3-2-4-6-12/h2-9,13H,10,17H2,1H3/t13-/m0/s1. The Morgan fingerprint density at radius 3 is 2.76 bits per heavy atom.